The van der Waals surface area contributed by atoms with Crippen LogP contribution in [0.4, 0.5) is 4.39 Å². The summed E-state index contributed by atoms with van der Waals surface area (Å²) in [5, 5.41) is 0. The molecule has 0 saturated carbocycles. The first-order chi connectivity index (χ1) is 11.1. The number of nitrogens with two attached hydrogens (primary N) is 1. The number of carbonyl (C=O) groups is 1. The Kier molecular flexibility index (Phi) is 6.11. The van der Waals surface area contributed by atoms with Crippen molar-refractivity contribution < 1.29 is 18.7 Å². The van der Waals surface area contributed by atoms with E-state index in [0.29, 0.717) is 12.2 Å². The molecule has 2 rings (SSSR count). The first kappa shape index (κ1) is 17.0. The molecule has 0 bridgehead atoms. The summed E-state index contributed by atoms with van der Waals surface area (Å²) in [4.78, 5) is 11.4. The van der Waals surface area contributed by atoms with Gasteiger partial charge in [-0.3, -0.25) is 4.79 Å². The Hall–Kier alpha value is -2.40. The van der Waals surface area contributed by atoms with E-state index in [1.54, 1.807) is 13.0 Å². The number of ether oxygens (including phenoxy) is 2. The zero-order valence-corrected chi connectivity index (χ0v) is 13.0. The average Bonchev–Trinajstić information content (AvgIpc) is 2.54. The van der Waals surface area contributed by atoms with Crippen LogP contribution in [-0.4, -0.2) is 12.6 Å². The van der Waals surface area contributed by atoms with Crippen LogP contribution in [0.25, 0.3) is 0 Å². The predicted octanol–water partition coefficient (Wildman–Crippen LogP) is 3.36. The molecule has 1 atom stereocenters. The Morgan fingerprint density at radius 2 is 1.96 bits per heavy atom. The van der Waals surface area contributed by atoms with Crippen molar-refractivity contribution in [2.24, 2.45) is 5.73 Å². The summed E-state index contributed by atoms with van der Waals surface area (Å²) in [6, 6.07) is 13.4. The molecule has 0 amide bonds. The molecular formula is C18H20FNO3. The van der Waals surface area contributed by atoms with Gasteiger partial charge in [0.05, 0.1) is 13.0 Å². The van der Waals surface area contributed by atoms with E-state index >= 15 is 0 Å². The third-order valence-electron chi connectivity index (χ3n) is 3.31. The molecule has 0 aliphatic carbocycles. The van der Waals surface area contributed by atoms with Crippen molar-refractivity contribution in [1.29, 1.82) is 0 Å². The molecule has 23 heavy (non-hydrogen) atoms. The lowest BCUT2D eigenvalue weighted by atomic mass is 10.0. The smallest absolute Gasteiger partial charge is 0.307 e. The van der Waals surface area contributed by atoms with Crippen LogP contribution in [-0.2, 0) is 16.1 Å². The predicted molar refractivity (Wildman–Crippen MR) is 85.4 cm³/mol. The van der Waals surface area contributed by atoms with E-state index < -0.39 is 17.8 Å². The maximum atomic E-state index is 14.1. The number of benzene rings is 2. The SMILES string of the molecule is CCOC(=O)CC(N)c1ccc(OCc2ccccc2)c(F)c1. The minimum Gasteiger partial charge on any atom is -0.486 e. The van der Waals surface area contributed by atoms with Crippen molar-refractivity contribution in [1.82, 2.24) is 0 Å². The van der Waals surface area contributed by atoms with Gasteiger partial charge in [0.15, 0.2) is 11.6 Å². The van der Waals surface area contributed by atoms with Gasteiger partial charge in [0.25, 0.3) is 0 Å². The highest BCUT2D eigenvalue weighted by molar-refractivity contribution is 5.70. The molecule has 4 nitrogen and oxygen atoms in total. The third kappa shape index (κ3) is 5.07. The van der Waals surface area contributed by atoms with Gasteiger partial charge < -0.3 is 15.2 Å². The summed E-state index contributed by atoms with van der Waals surface area (Å²) in [6.07, 6.45) is 0.0114. The highest BCUT2D eigenvalue weighted by atomic mass is 19.1. The lowest BCUT2D eigenvalue weighted by molar-refractivity contribution is -0.143. The summed E-state index contributed by atoms with van der Waals surface area (Å²) in [5.41, 5.74) is 7.39. The number of hydrogen-bond acceptors (Lipinski definition) is 4. The number of hydrogen-bond donors (Lipinski definition) is 1. The average molecular weight is 317 g/mol. The van der Waals surface area contributed by atoms with Gasteiger partial charge in [0.2, 0.25) is 0 Å². The Labute approximate surface area is 135 Å². The van der Waals surface area contributed by atoms with Crippen molar-refractivity contribution in [2.45, 2.75) is 26.0 Å². The maximum Gasteiger partial charge on any atom is 0.307 e. The number of esters is 1. The molecule has 0 saturated heterocycles. The number of rotatable bonds is 7. The minimum absolute atomic E-state index is 0.0114. The van der Waals surface area contributed by atoms with Crippen molar-refractivity contribution in [3.8, 4) is 5.75 Å². The molecule has 2 aromatic carbocycles. The molecule has 0 fully saturated rings. The van der Waals surface area contributed by atoms with Crippen LogP contribution in [0, 0.1) is 5.82 Å². The highest BCUT2D eigenvalue weighted by Crippen LogP contribution is 2.23. The van der Waals surface area contributed by atoms with Gasteiger partial charge in [0, 0.05) is 6.04 Å². The molecule has 2 N–H and O–H groups in total. The fourth-order valence-corrected chi connectivity index (χ4v) is 2.12. The zero-order valence-electron chi connectivity index (χ0n) is 13.0. The van der Waals surface area contributed by atoms with Gasteiger partial charge in [-0.25, -0.2) is 4.39 Å². The van der Waals surface area contributed by atoms with Gasteiger partial charge in [-0.2, -0.15) is 0 Å². The molecule has 2 aromatic rings. The number of halogens is 1. The molecule has 0 aliphatic rings. The molecule has 5 heteroatoms. The number of carbonyl (C=O) groups excluding carboxylic acids is 1. The summed E-state index contributed by atoms with van der Waals surface area (Å²) >= 11 is 0. The highest BCUT2D eigenvalue weighted by Gasteiger charge is 2.15. The van der Waals surface area contributed by atoms with Crippen LogP contribution >= 0.6 is 0 Å². The molecule has 0 aliphatic heterocycles. The first-order valence-electron chi connectivity index (χ1n) is 7.47. The van der Waals surface area contributed by atoms with Crippen molar-refractivity contribution in [3.63, 3.8) is 0 Å². The van der Waals surface area contributed by atoms with Gasteiger partial charge in [0.1, 0.15) is 6.61 Å². The van der Waals surface area contributed by atoms with Crippen LogP contribution in [0.5, 0.6) is 5.75 Å². The summed E-state index contributed by atoms with van der Waals surface area (Å²) in [7, 11) is 0. The van der Waals surface area contributed by atoms with E-state index in [1.165, 1.54) is 12.1 Å². The molecule has 0 aromatic heterocycles. The van der Waals surface area contributed by atoms with Gasteiger partial charge in [-0.15, -0.1) is 0 Å². The normalized spacial score (nSPS) is 11.8. The molecule has 122 valence electrons. The van der Waals surface area contributed by atoms with E-state index in [9.17, 15) is 9.18 Å². The lowest BCUT2D eigenvalue weighted by Crippen LogP contribution is -2.17. The van der Waals surface area contributed by atoms with Gasteiger partial charge >= 0.3 is 5.97 Å². The van der Waals surface area contributed by atoms with Crippen LogP contribution < -0.4 is 10.5 Å². The molecule has 0 radical (unpaired) electrons. The summed E-state index contributed by atoms with van der Waals surface area (Å²) in [6.45, 7) is 2.31. The topological polar surface area (TPSA) is 61.5 Å². The molecular weight excluding hydrogens is 297 g/mol. The fraction of sp³-hybridized carbons (Fsp3) is 0.278. The quantitative estimate of drug-likeness (QED) is 0.796. The van der Waals surface area contributed by atoms with E-state index in [4.69, 9.17) is 15.2 Å². The monoisotopic (exact) mass is 317 g/mol. The van der Waals surface area contributed by atoms with Crippen molar-refractivity contribution in [3.05, 3.63) is 65.5 Å². The van der Waals surface area contributed by atoms with E-state index in [-0.39, 0.29) is 18.8 Å². The fourth-order valence-electron chi connectivity index (χ4n) is 2.12. The summed E-state index contributed by atoms with van der Waals surface area (Å²) < 4.78 is 24.4. The van der Waals surface area contributed by atoms with Gasteiger partial charge in [-0.05, 0) is 30.2 Å². The Morgan fingerprint density at radius 3 is 2.61 bits per heavy atom. The second-order valence-electron chi connectivity index (χ2n) is 5.08. The van der Waals surface area contributed by atoms with Crippen LogP contribution in [0.2, 0.25) is 0 Å². The van der Waals surface area contributed by atoms with E-state index in [2.05, 4.69) is 0 Å². The van der Waals surface area contributed by atoms with Crippen molar-refractivity contribution in [2.75, 3.05) is 6.61 Å². The van der Waals surface area contributed by atoms with Gasteiger partial charge in [-0.1, -0.05) is 36.4 Å². The zero-order chi connectivity index (χ0) is 16.7. The van der Waals surface area contributed by atoms with Crippen molar-refractivity contribution >= 4 is 5.97 Å². The molecule has 0 spiro atoms. The Bertz CT molecular complexity index is 646. The summed E-state index contributed by atoms with van der Waals surface area (Å²) in [5.74, 6) is -0.747. The minimum atomic E-state index is -0.605. The standard InChI is InChI=1S/C18H20FNO3/c1-2-22-18(21)11-16(20)14-8-9-17(15(19)10-14)23-12-13-6-4-3-5-7-13/h3-10,16H,2,11-12,20H2,1H3. The van der Waals surface area contributed by atoms with Crippen LogP contribution in [0.1, 0.15) is 30.5 Å². The Morgan fingerprint density at radius 1 is 1.22 bits per heavy atom. The second-order valence-corrected chi connectivity index (χ2v) is 5.08. The first-order valence-corrected chi connectivity index (χ1v) is 7.47. The van der Waals surface area contributed by atoms with Crippen LogP contribution in [0.15, 0.2) is 48.5 Å². The largest absolute Gasteiger partial charge is 0.486 e. The molecule has 0 heterocycles. The molecule has 1 unspecified atom stereocenters. The maximum absolute atomic E-state index is 14.1. The second kappa shape index (κ2) is 8.29. The van der Waals surface area contributed by atoms with E-state index in [0.717, 1.165) is 5.56 Å². The Balaban J connectivity index is 1.98. The van der Waals surface area contributed by atoms with Crippen LogP contribution in [0.3, 0.4) is 0 Å². The lowest BCUT2D eigenvalue weighted by Gasteiger charge is -2.13. The third-order valence-corrected chi connectivity index (χ3v) is 3.31. The van der Waals surface area contributed by atoms with E-state index in [1.807, 2.05) is 30.3 Å².